The zero-order chi connectivity index (χ0) is 18.1. The van der Waals surface area contributed by atoms with E-state index < -0.39 is 6.03 Å². The summed E-state index contributed by atoms with van der Waals surface area (Å²) in [5, 5.41) is 3.71. The Bertz CT molecular complexity index is 738. The minimum Gasteiger partial charge on any atom is -0.493 e. The number of ether oxygens (including phenoxy) is 3. The number of nitrogens with zero attached hydrogens (tertiary/aromatic N) is 1. The second-order valence-corrected chi connectivity index (χ2v) is 5.63. The van der Waals surface area contributed by atoms with Crippen LogP contribution in [0.2, 0.25) is 0 Å². The van der Waals surface area contributed by atoms with Gasteiger partial charge in [0.05, 0.1) is 17.8 Å². The van der Waals surface area contributed by atoms with Crippen molar-refractivity contribution in [3.8, 4) is 17.2 Å². The van der Waals surface area contributed by atoms with Gasteiger partial charge in [0, 0.05) is 0 Å². The van der Waals surface area contributed by atoms with Crippen molar-refractivity contribution in [3.63, 3.8) is 0 Å². The summed E-state index contributed by atoms with van der Waals surface area (Å²) in [4.78, 5) is 10.6. The Morgan fingerprint density at radius 2 is 1.96 bits per heavy atom. The summed E-state index contributed by atoms with van der Waals surface area (Å²) in [7, 11) is 1.54. The average Bonchev–Trinajstić information content (AvgIpc) is 2.60. The van der Waals surface area contributed by atoms with Crippen LogP contribution in [0.1, 0.15) is 5.56 Å². The molecule has 0 atom stereocenters. The molecule has 0 radical (unpaired) electrons. The van der Waals surface area contributed by atoms with E-state index in [0.717, 1.165) is 5.75 Å². The fraction of sp³-hybridized carbons (Fsp3) is 0.176. The third-order valence-electron chi connectivity index (χ3n) is 2.98. The molecule has 2 aromatic carbocycles. The standard InChI is InChI=1S/C17H18BrN3O4/c1-23-15-10-12(11-20-21-17(19)22)9-14(18)16(15)25-8-7-24-13-5-3-2-4-6-13/h2-6,9-11H,7-8H2,1H3,(H3,19,21,22)/b20-11-. The summed E-state index contributed by atoms with van der Waals surface area (Å²) in [6.45, 7) is 0.742. The topological polar surface area (TPSA) is 95.2 Å². The van der Waals surface area contributed by atoms with E-state index in [0.29, 0.717) is 34.7 Å². The Labute approximate surface area is 153 Å². The number of para-hydroxylation sites is 1. The van der Waals surface area contributed by atoms with Crippen molar-refractivity contribution in [1.29, 1.82) is 0 Å². The quantitative estimate of drug-likeness (QED) is 0.399. The van der Waals surface area contributed by atoms with Crippen molar-refractivity contribution in [1.82, 2.24) is 5.43 Å². The number of urea groups is 1. The maximum atomic E-state index is 10.6. The number of nitrogens with two attached hydrogens (primary N) is 1. The molecule has 25 heavy (non-hydrogen) atoms. The molecule has 0 aliphatic rings. The summed E-state index contributed by atoms with van der Waals surface area (Å²) in [6, 6.07) is 12.3. The van der Waals surface area contributed by atoms with Crippen LogP contribution in [0, 0.1) is 0 Å². The molecule has 3 N–H and O–H groups in total. The molecule has 0 aromatic heterocycles. The summed E-state index contributed by atoms with van der Waals surface area (Å²) in [5.74, 6) is 1.86. The lowest BCUT2D eigenvalue weighted by Gasteiger charge is -2.14. The summed E-state index contributed by atoms with van der Waals surface area (Å²) in [5.41, 5.74) is 7.77. The molecule has 0 saturated heterocycles. The minimum atomic E-state index is -0.736. The third-order valence-corrected chi connectivity index (χ3v) is 3.57. The summed E-state index contributed by atoms with van der Waals surface area (Å²) in [6.07, 6.45) is 1.44. The molecule has 2 aromatic rings. The van der Waals surface area contributed by atoms with Gasteiger partial charge in [-0.2, -0.15) is 5.10 Å². The number of rotatable bonds is 8. The number of hydrogen-bond acceptors (Lipinski definition) is 5. The van der Waals surface area contributed by atoms with Gasteiger partial charge in [0.15, 0.2) is 11.5 Å². The summed E-state index contributed by atoms with van der Waals surface area (Å²) >= 11 is 3.44. The van der Waals surface area contributed by atoms with Crippen molar-refractivity contribution in [2.24, 2.45) is 10.8 Å². The van der Waals surface area contributed by atoms with Crippen LogP contribution in [0.25, 0.3) is 0 Å². The molecule has 0 heterocycles. The predicted molar refractivity (Wildman–Crippen MR) is 98.4 cm³/mol. The maximum absolute atomic E-state index is 10.6. The molecular weight excluding hydrogens is 390 g/mol. The van der Waals surface area contributed by atoms with Crippen molar-refractivity contribution >= 4 is 28.2 Å². The van der Waals surface area contributed by atoms with E-state index in [2.05, 4.69) is 26.5 Å². The minimum absolute atomic E-state index is 0.348. The zero-order valence-corrected chi connectivity index (χ0v) is 15.2. The highest BCUT2D eigenvalue weighted by Crippen LogP contribution is 2.36. The van der Waals surface area contributed by atoms with Crippen molar-refractivity contribution in [3.05, 3.63) is 52.5 Å². The number of nitrogens with one attached hydrogen (secondary N) is 1. The lowest BCUT2D eigenvalue weighted by atomic mass is 10.2. The normalized spacial score (nSPS) is 10.5. The van der Waals surface area contributed by atoms with Crippen molar-refractivity contribution in [2.45, 2.75) is 0 Å². The highest BCUT2D eigenvalue weighted by Gasteiger charge is 2.11. The van der Waals surface area contributed by atoms with Gasteiger partial charge in [0.1, 0.15) is 19.0 Å². The first kappa shape index (κ1) is 18.6. The van der Waals surface area contributed by atoms with Crippen molar-refractivity contribution in [2.75, 3.05) is 20.3 Å². The van der Waals surface area contributed by atoms with Crippen LogP contribution in [0.3, 0.4) is 0 Å². The van der Waals surface area contributed by atoms with E-state index in [4.69, 9.17) is 19.9 Å². The van der Waals surface area contributed by atoms with Crippen LogP contribution in [-0.4, -0.2) is 32.6 Å². The summed E-state index contributed by atoms with van der Waals surface area (Å²) < 4.78 is 17.4. The molecular formula is C17H18BrN3O4. The molecule has 8 heteroatoms. The second kappa shape index (κ2) is 9.53. The van der Waals surface area contributed by atoms with E-state index in [9.17, 15) is 4.79 Å². The Balaban J connectivity index is 1.97. The Morgan fingerprint density at radius 1 is 1.24 bits per heavy atom. The fourth-order valence-electron chi connectivity index (χ4n) is 1.94. The smallest absolute Gasteiger partial charge is 0.332 e. The van der Waals surface area contributed by atoms with Gasteiger partial charge in [0.25, 0.3) is 0 Å². The van der Waals surface area contributed by atoms with Gasteiger partial charge in [-0.25, -0.2) is 10.2 Å². The molecule has 132 valence electrons. The van der Waals surface area contributed by atoms with E-state index >= 15 is 0 Å². The molecule has 0 aliphatic heterocycles. The molecule has 2 amide bonds. The number of halogens is 1. The van der Waals surface area contributed by atoms with E-state index in [1.807, 2.05) is 30.3 Å². The largest absolute Gasteiger partial charge is 0.493 e. The molecule has 0 fully saturated rings. The SMILES string of the molecule is COc1cc(/C=N\NC(N)=O)cc(Br)c1OCCOc1ccccc1. The first-order valence-electron chi connectivity index (χ1n) is 7.37. The van der Waals surface area contributed by atoms with Gasteiger partial charge in [-0.05, 0) is 45.8 Å². The third kappa shape index (κ3) is 6.00. The number of primary amides is 1. The second-order valence-electron chi connectivity index (χ2n) is 4.78. The Morgan fingerprint density at radius 3 is 2.64 bits per heavy atom. The van der Waals surface area contributed by atoms with Gasteiger partial charge >= 0.3 is 6.03 Å². The van der Waals surface area contributed by atoms with Crippen LogP contribution in [0.15, 0.2) is 52.0 Å². The van der Waals surface area contributed by atoms with Crippen LogP contribution in [-0.2, 0) is 0 Å². The molecule has 0 aliphatic carbocycles. The van der Waals surface area contributed by atoms with Gasteiger partial charge < -0.3 is 19.9 Å². The van der Waals surface area contributed by atoms with Crippen molar-refractivity contribution < 1.29 is 19.0 Å². The predicted octanol–water partition coefficient (Wildman–Crippen LogP) is 2.92. The van der Waals surface area contributed by atoms with Crippen LogP contribution < -0.4 is 25.4 Å². The number of carbonyl (C=O) groups excluding carboxylic acids is 1. The Kier molecular flexibility index (Phi) is 7.09. The lowest BCUT2D eigenvalue weighted by Crippen LogP contribution is -2.24. The molecule has 0 bridgehead atoms. The highest BCUT2D eigenvalue weighted by atomic mass is 79.9. The number of methoxy groups -OCH3 is 1. The van der Waals surface area contributed by atoms with E-state index in [1.54, 1.807) is 12.1 Å². The Hall–Kier alpha value is -2.74. The molecule has 2 rings (SSSR count). The average molecular weight is 408 g/mol. The van der Waals surface area contributed by atoms with Gasteiger partial charge in [-0.1, -0.05) is 18.2 Å². The number of hydrazone groups is 1. The number of carbonyl (C=O) groups is 1. The lowest BCUT2D eigenvalue weighted by molar-refractivity contribution is 0.210. The highest BCUT2D eigenvalue weighted by molar-refractivity contribution is 9.10. The maximum Gasteiger partial charge on any atom is 0.332 e. The fourth-order valence-corrected chi connectivity index (χ4v) is 2.52. The number of amides is 2. The molecule has 7 nitrogen and oxygen atoms in total. The van der Waals surface area contributed by atoms with E-state index in [-0.39, 0.29) is 0 Å². The first-order valence-corrected chi connectivity index (χ1v) is 8.16. The first-order chi connectivity index (χ1) is 12.1. The molecule has 0 unspecified atom stereocenters. The van der Waals surface area contributed by atoms with Crippen LogP contribution in [0.5, 0.6) is 17.2 Å². The molecule has 0 spiro atoms. The number of benzene rings is 2. The van der Waals surface area contributed by atoms with Gasteiger partial charge in [0.2, 0.25) is 0 Å². The van der Waals surface area contributed by atoms with Crippen LogP contribution >= 0.6 is 15.9 Å². The van der Waals surface area contributed by atoms with Gasteiger partial charge in [-0.15, -0.1) is 0 Å². The molecule has 0 saturated carbocycles. The van der Waals surface area contributed by atoms with Crippen LogP contribution in [0.4, 0.5) is 4.79 Å². The monoisotopic (exact) mass is 407 g/mol. The number of hydrogen-bond donors (Lipinski definition) is 2. The van der Waals surface area contributed by atoms with Gasteiger partial charge in [-0.3, -0.25) is 0 Å². The zero-order valence-electron chi connectivity index (χ0n) is 13.6. The van der Waals surface area contributed by atoms with E-state index in [1.165, 1.54) is 13.3 Å².